The Labute approximate surface area is 162 Å². The molecule has 4 heteroatoms. The predicted octanol–water partition coefficient (Wildman–Crippen LogP) is 3.76. The molecule has 2 aromatic carbocycles. The number of ether oxygens (including phenoxy) is 1. The molecule has 1 atom stereocenters. The van der Waals surface area contributed by atoms with Gasteiger partial charge in [-0.05, 0) is 30.2 Å². The molecule has 0 spiro atoms. The summed E-state index contributed by atoms with van der Waals surface area (Å²) in [5.74, 6) is -0.265. The monoisotopic (exact) mass is 364 g/mol. The van der Waals surface area contributed by atoms with Crippen LogP contribution in [-0.2, 0) is 4.74 Å². The molecule has 0 aromatic heterocycles. The SMILES string of the molecule is C=CCN1CCN(C(c2ccccc2)c2ccc(C(=O)OCC)cc2)CC1. The fourth-order valence-corrected chi connectivity index (χ4v) is 3.65. The highest BCUT2D eigenvalue weighted by molar-refractivity contribution is 5.89. The van der Waals surface area contributed by atoms with Crippen molar-refractivity contribution in [2.24, 2.45) is 0 Å². The number of nitrogens with zero attached hydrogens (tertiary/aromatic N) is 2. The molecule has 3 rings (SSSR count). The summed E-state index contributed by atoms with van der Waals surface area (Å²) in [5, 5.41) is 0. The predicted molar refractivity (Wildman–Crippen MR) is 109 cm³/mol. The van der Waals surface area contributed by atoms with Crippen molar-refractivity contribution >= 4 is 5.97 Å². The molecular formula is C23H28N2O2. The molecule has 0 saturated carbocycles. The molecular weight excluding hydrogens is 336 g/mol. The summed E-state index contributed by atoms with van der Waals surface area (Å²) in [6, 6.07) is 18.6. The second-order valence-electron chi connectivity index (χ2n) is 6.78. The third-order valence-electron chi connectivity index (χ3n) is 5.01. The van der Waals surface area contributed by atoms with Crippen molar-refractivity contribution in [3.63, 3.8) is 0 Å². The number of rotatable bonds is 7. The molecule has 142 valence electrons. The number of hydrogen-bond donors (Lipinski definition) is 0. The minimum Gasteiger partial charge on any atom is -0.462 e. The number of carbonyl (C=O) groups excluding carboxylic acids is 1. The topological polar surface area (TPSA) is 32.8 Å². The highest BCUT2D eigenvalue weighted by atomic mass is 16.5. The minimum atomic E-state index is -0.265. The van der Waals surface area contributed by atoms with Crippen LogP contribution >= 0.6 is 0 Å². The smallest absolute Gasteiger partial charge is 0.338 e. The van der Waals surface area contributed by atoms with Crippen molar-refractivity contribution in [1.82, 2.24) is 9.80 Å². The number of esters is 1. The molecule has 1 saturated heterocycles. The fourth-order valence-electron chi connectivity index (χ4n) is 3.65. The number of carbonyl (C=O) groups is 1. The van der Waals surface area contributed by atoms with Crippen LogP contribution < -0.4 is 0 Å². The fraction of sp³-hybridized carbons (Fsp3) is 0.348. The van der Waals surface area contributed by atoms with E-state index < -0.39 is 0 Å². The lowest BCUT2D eigenvalue weighted by Crippen LogP contribution is -2.47. The largest absolute Gasteiger partial charge is 0.462 e. The van der Waals surface area contributed by atoms with Gasteiger partial charge in [0.05, 0.1) is 18.2 Å². The molecule has 0 amide bonds. The van der Waals surface area contributed by atoms with Crippen LogP contribution in [0.3, 0.4) is 0 Å². The Morgan fingerprint density at radius 3 is 2.26 bits per heavy atom. The second-order valence-corrected chi connectivity index (χ2v) is 6.78. The van der Waals surface area contributed by atoms with Gasteiger partial charge in [0.15, 0.2) is 0 Å². The Morgan fingerprint density at radius 1 is 1.04 bits per heavy atom. The number of hydrogen-bond acceptors (Lipinski definition) is 4. The van der Waals surface area contributed by atoms with Crippen LogP contribution in [0.2, 0.25) is 0 Å². The lowest BCUT2D eigenvalue weighted by atomic mass is 9.95. The van der Waals surface area contributed by atoms with E-state index >= 15 is 0 Å². The normalized spacial score (nSPS) is 16.6. The van der Waals surface area contributed by atoms with E-state index in [-0.39, 0.29) is 12.0 Å². The van der Waals surface area contributed by atoms with Crippen LogP contribution in [0.4, 0.5) is 0 Å². The van der Waals surface area contributed by atoms with E-state index in [1.165, 1.54) is 11.1 Å². The molecule has 27 heavy (non-hydrogen) atoms. The van der Waals surface area contributed by atoms with Crippen LogP contribution in [0, 0.1) is 0 Å². The van der Waals surface area contributed by atoms with Gasteiger partial charge in [-0.25, -0.2) is 4.79 Å². The van der Waals surface area contributed by atoms with Gasteiger partial charge in [0.1, 0.15) is 0 Å². The molecule has 0 radical (unpaired) electrons. The van der Waals surface area contributed by atoms with E-state index in [9.17, 15) is 4.79 Å². The van der Waals surface area contributed by atoms with E-state index in [1.807, 2.05) is 31.2 Å². The highest BCUT2D eigenvalue weighted by Gasteiger charge is 2.26. The van der Waals surface area contributed by atoms with Crippen molar-refractivity contribution in [1.29, 1.82) is 0 Å². The molecule has 2 aromatic rings. The average Bonchev–Trinajstić information content (AvgIpc) is 2.71. The summed E-state index contributed by atoms with van der Waals surface area (Å²) >= 11 is 0. The molecule has 0 bridgehead atoms. The van der Waals surface area contributed by atoms with Crippen LogP contribution in [-0.4, -0.2) is 55.1 Å². The molecule has 0 aliphatic carbocycles. The van der Waals surface area contributed by atoms with Crippen LogP contribution in [0.25, 0.3) is 0 Å². The minimum absolute atomic E-state index is 0.188. The Kier molecular flexibility index (Phi) is 6.80. The van der Waals surface area contributed by atoms with Gasteiger partial charge in [-0.2, -0.15) is 0 Å². The average molecular weight is 364 g/mol. The van der Waals surface area contributed by atoms with Gasteiger partial charge in [-0.1, -0.05) is 48.5 Å². The number of benzene rings is 2. The standard InChI is InChI=1S/C23H28N2O2/c1-3-14-24-15-17-25(18-16-24)22(19-8-6-5-7-9-19)20-10-12-21(13-11-20)23(26)27-4-2/h3,5-13,22H,1,4,14-18H2,2H3. The van der Waals surface area contributed by atoms with Crippen LogP contribution in [0.5, 0.6) is 0 Å². The Balaban J connectivity index is 1.83. The summed E-state index contributed by atoms with van der Waals surface area (Å²) in [4.78, 5) is 16.9. The molecule has 1 heterocycles. The quantitative estimate of drug-likeness (QED) is 0.553. The van der Waals surface area contributed by atoms with Crippen LogP contribution in [0.15, 0.2) is 67.3 Å². The van der Waals surface area contributed by atoms with Crippen LogP contribution in [0.1, 0.15) is 34.5 Å². The highest BCUT2D eigenvalue weighted by Crippen LogP contribution is 2.30. The van der Waals surface area contributed by atoms with Gasteiger partial charge in [0.2, 0.25) is 0 Å². The molecule has 1 unspecified atom stereocenters. The Hall–Kier alpha value is -2.43. The number of piperazine rings is 1. The van der Waals surface area contributed by atoms with Gasteiger partial charge in [-0.3, -0.25) is 9.80 Å². The van der Waals surface area contributed by atoms with Gasteiger partial charge >= 0.3 is 5.97 Å². The Bertz CT molecular complexity index is 735. The van der Waals surface area contributed by atoms with E-state index in [1.54, 1.807) is 0 Å². The molecule has 1 aliphatic rings. The van der Waals surface area contributed by atoms with Crippen molar-refractivity contribution in [3.8, 4) is 0 Å². The first-order chi connectivity index (χ1) is 13.2. The van der Waals surface area contributed by atoms with E-state index in [0.717, 1.165) is 32.7 Å². The maximum Gasteiger partial charge on any atom is 0.338 e. The molecule has 1 aliphatic heterocycles. The summed E-state index contributed by atoms with van der Waals surface area (Å²) < 4.78 is 5.10. The summed E-state index contributed by atoms with van der Waals surface area (Å²) in [5.41, 5.74) is 3.08. The lowest BCUT2D eigenvalue weighted by molar-refractivity contribution is 0.0526. The summed E-state index contributed by atoms with van der Waals surface area (Å²) in [6.45, 7) is 11.1. The zero-order valence-corrected chi connectivity index (χ0v) is 16.0. The van der Waals surface area contributed by atoms with E-state index in [4.69, 9.17) is 4.74 Å². The molecule has 1 fully saturated rings. The van der Waals surface area contributed by atoms with Crippen molar-refractivity contribution < 1.29 is 9.53 Å². The molecule has 0 N–H and O–H groups in total. The van der Waals surface area contributed by atoms with Gasteiger partial charge in [-0.15, -0.1) is 6.58 Å². The van der Waals surface area contributed by atoms with E-state index in [2.05, 4.69) is 52.8 Å². The lowest BCUT2D eigenvalue weighted by Gasteiger charge is -2.39. The first kappa shape index (κ1) is 19.3. The van der Waals surface area contributed by atoms with Gasteiger partial charge in [0, 0.05) is 32.7 Å². The second kappa shape index (κ2) is 9.49. The van der Waals surface area contributed by atoms with E-state index in [0.29, 0.717) is 12.2 Å². The maximum atomic E-state index is 11.9. The van der Waals surface area contributed by atoms with Crippen molar-refractivity contribution in [3.05, 3.63) is 83.9 Å². The first-order valence-electron chi connectivity index (χ1n) is 9.62. The van der Waals surface area contributed by atoms with Gasteiger partial charge in [0.25, 0.3) is 0 Å². The summed E-state index contributed by atoms with van der Waals surface area (Å²) in [7, 11) is 0. The zero-order valence-electron chi connectivity index (χ0n) is 16.0. The first-order valence-corrected chi connectivity index (χ1v) is 9.62. The Morgan fingerprint density at radius 2 is 1.67 bits per heavy atom. The maximum absolute atomic E-state index is 11.9. The van der Waals surface area contributed by atoms with Gasteiger partial charge < -0.3 is 4.74 Å². The third-order valence-corrected chi connectivity index (χ3v) is 5.01. The third kappa shape index (κ3) is 4.85. The van der Waals surface area contributed by atoms with Crippen molar-refractivity contribution in [2.45, 2.75) is 13.0 Å². The summed E-state index contributed by atoms with van der Waals surface area (Å²) in [6.07, 6.45) is 1.97. The zero-order chi connectivity index (χ0) is 19.1. The van der Waals surface area contributed by atoms with Crippen molar-refractivity contribution in [2.75, 3.05) is 39.3 Å². The molecule has 4 nitrogen and oxygen atoms in total.